The average molecular weight is 360 g/mol. The van der Waals surface area contributed by atoms with Crippen LogP contribution in [0.1, 0.15) is 36.2 Å². The summed E-state index contributed by atoms with van der Waals surface area (Å²) in [5.74, 6) is 4.30. The third-order valence-corrected chi connectivity index (χ3v) is 4.24. The van der Waals surface area contributed by atoms with Crippen molar-refractivity contribution in [3.63, 3.8) is 0 Å². The van der Waals surface area contributed by atoms with Gasteiger partial charge < -0.3 is 14.8 Å². The van der Waals surface area contributed by atoms with Crippen LogP contribution in [0.3, 0.4) is 0 Å². The van der Waals surface area contributed by atoms with E-state index >= 15 is 0 Å². The van der Waals surface area contributed by atoms with Crippen LogP contribution in [0, 0.1) is 12.3 Å². The Hall–Kier alpha value is -3.19. The van der Waals surface area contributed by atoms with Gasteiger partial charge in [-0.25, -0.2) is 0 Å². The van der Waals surface area contributed by atoms with E-state index in [0.717, 1.165) is 46.0 Å². The van der Waals surface area contributed by atoms with Crippen LogP contribution in [-0.4, -0.2) is 17.6 Å². The molecule has 0 aliphatic carbocycles. The Morgan fingerprint density at radius 2 is 2.33 bits per heavy atom. The summed E-state index contributed by atoms with van der Waals surface area (Å²) in [7, 11) is 0. The Morgan fingerprint density at radius 1 is 1.48 bits per heavy atom. The smallest absolute Gasteiger partial charge is 0.127 e. The molecule has 138 valence electrons. The monoisotopic (exact) mass is 360 g/mol. The van der Waals surface area contributed by atoms with Crippen molar-refractivity contribution >= 4 is 11.8 Å². The van der Waals surface area contributed by atoms with Gasteiger partial charge in [-0.3, -0.25) is 4.98 Å². The predicted octanol–water partition coefficient (Wildman–Crippen LogP) is 4.21. The second-order valence-corrected chi connectivity index (χ2v) is 6.62. The lowest BCUT2D eigenvalue weighted by molar-refractivity contribution is 0.304. The van der Waals surface area contributed by atoms with E-state index < -0.39 is 0 Å². The first kappa shape index (κ1) is 18.6. The summed E-state index contributed by atoms with van der Waals surface area (Å²) in [6.07, 6.45) is 11.6. The fourth-order valence-electron chi connectivity index (χ4n) is 3.03. The van der Waals surface area contributed by atoms with E-state index in [1.807, 2.05) is 24.3 Å². The van der Waals surface area contributed by atoms with Crippen LogP contribution in [-0.2, 0) is 13.0 Å². The number of nitrogens with zero attached hydrogens (tertiary/aromatic N) is 1. The quantitative estimate of drug-likeness (QED) is 0.751. The fraction of sp³-hybridized carbons (Fsp3) is 0.261. The summed E-state index contributed by atoms with van der Waals surface area (Å²) in [4.78, 5) is 4.52. The van der Waals surface area contributed by atoms with Gasteiger partial charge in [-0.05, 0) is 32.0 Å². The Balaban J connectivity index is 1.87. The normalized spacial score (nSPS) is 12.9. The van der Waals surface area contributed by atoms with Gasteiger partial charge >= 0.3 is 0 Å². The van der Waals surface area contributed by atoms with Gasteiger partial charge in [-0.15, -0.1) is 6.42 Å². The molecule has 0 amide bonds. The van der Waals surface area contributed by atoms with Crippen molar-refractivity contribution < 1.29 is 9.47 Å². The van der Waals surface area contributed by atoms with Crippen molar-refractivity contribution in [1.29, 1.82) is 0 Å². The molecule has 0 spiro atoms. The van der Waals surface area contributed by atoms with E-state index in [1.54, 1.807) is 18.3 Å². The number of ether oxygens (including phenoxy) is 2. The van der Waals surface area contributed by atoms with Gasteiger partial charge in [0.2, 0.25) is 0 Å². The average Bonchev–Trinajstić information content (AvgIpc) is 3.12. The number of hydrogen-bond acceptors (Lipinski definition) is 4. The number of aromatic nitrogens is 1. The molecule has 2 heterocycles. The number of benzene rings is 1. The summed E-state index contributed by atoms with van der Waals surface area (Å²) in [6.45, 7) is 9.10. The van der Waals surface area contributed by atoms with Crippen molar-refractivity contribution in [2.75, 3.05) is 6.61 Å². The molecule has 0 atom stereocenters. The number of rotatable bonds is 7. The number of fused-ring (bicyclic) bond motifs is 1. The SMILES string of the molecule is C#C/C=C(\NC(C)C)c1ncccc1COc1cc2c(cc1C=C)OCC2. The molecule has 27 heavy (non-hydrogen) atoms. The molecule has 1 aromatic carbocycles. The van der Waals surface area contributed by atoms with E-state index in [4.69, 9.17) is 15.9 Å². The summed E-state index contributed by atoms with van der Waals surface area (Å²) in [5.41, 5.74) is 4.66. The van der Waals surface area contributed by atoms with E-state index in [-0.39, 0.29) is 6.04 Å². The second-order valence-electron chi connectivity index (χ2n) is 6.62. The molecular formula is C23H24N2O2. The number of allylic oxidation sites excluding steroid dienone is 1. The Bertz CT molecular complexity index is 907. The molecule has 1 aromatic heterocycles. The number of hydrogen-bond donors (Lipinski definition) is 1. The zero-order valence-electron chi connectivity index (χ0n) is 15.8. The number of terminal acetylenes is 1. The largest absolute Gasteiger partial charge is 0.493 e. The van der Waals surface area contributed by atoms with E-state index in [0.29, 0.717) is 13.2 Å². The summed E-state index contributed by atoms with van der Waals surface area (Å²) < 4.78 is 11.8. The third-order valence-electron chi connectivity index (χ3n) is 4.24. The van der Waals surface area contributed by atoms with Gasteiger partial charge in [0.05, 0.1) is 18.0 Å². The minimum atomic E-state index is 0.240. The van der Waals surface area contributed by atoms with Gasteiger partial charge in [-0.1, -0.05) is 24.6 Å². The first-order valence-corrected chi connectivity index (χ1v) is 9.04. The van der Waals surface area contributed by atoms with Gasteiger partial charge in [0.15, 0.2) is 0 Å². The molecule has 0 saturated heterocycles. The van der Waals surface area contributed by atoms with Crippen molar-refractivity contribution in [1.82, 2.24) is 10.3 Å². The van der Waals surface area contributed by atoms with Crippen molar-refractivity contribution in [3.8, 4) is 23.8 Å². The van der Waals surface area contributed by atoms with Crippen LogP contribution in [0.4, 0.5) is 0 Å². The molecule has 0 bridgehead atoms. The van der Waals surface area contributed by atoms with Crippen LogP contribution in [0.25, 0.3) is 11.8 Å². The van der Waals surface area contributed by atoms with Crippen LogP contribution in [0.15, 0.2) is 43.1 Å². The maximum Gasteiger partial charge on any atom is 0.127 e. The van der Waals surface area contributed by atoms with Crippen LogP contribution < -0.4 is 14.8 Å². The zero-order valence-corrected chi connectivity index (χ0v) is 15.8. The molecule has 3 rings (SSSR count). The van der Waals surface area contributed by atoms with Crippen molar-refractivity contribution in [3.05, 3.63) is 65.5 Å². The third kappa shape index (κ3) is 4.32. The minimum absolute atomic E-state index is 0.240. The lowest BCUT2D eigenvalue weighted by Crippen LogP contribution is -2.22. The van der Waals surface area contributed by atoms with Crippen LogP contribution >= 0.6 is 0 Å². The summed E-state index contributed by atoms with van der Waals surface area (Å²) in [5, 5.41) is 3.36. The van der Waals surface area contributed by atoms with Crippen LogP contribution in [0.2, 0.25) is 0 Å². The highest BCUT2D eigenvalue weighted by Crippen LogP contribution is 2.34. The molecule has 0 saturated carbocycles. The molecule has 0 fully saturated rings. The summed E-state index contributed by atoms with van der Waals surface area (Å²) >= 11 is 0. The van der Waals surface area contributed by atoms with Gasteiger partial charge in [-0.2, -0.15) is 0 Å². The van der Waals surface area contributed by atoms with Crippen molar-refractivity contribution in [2.24, 2.45) is 0 Å². The molecule has 1 aliphatic rings. The van der Waals surface area contributed by atoms with Gasteiger partial charge in [0, 0.05) is 41.4 Å². The summed E-state index contributed by atoms with van der Waals surface area (Å²) in [6, 6.07) is 8.16. The van der Waals surface area contributed by atoms with Gasteiger partial charge in [0.1, 0.15) is 18.1 Å². The lowest BCUT2D eigenvalue weighted by Gasteiger charge is -2.17. The van der Waals surface area contributed by atoms with Crippen molar-refractivity contribution in [2.45, 2.75) is 32.9 Å². The Labute approximate surface area is 160 Å². The highest BCUT2D eigenvalue weighted by atomic mass is 16.5. The topological polar surface area (TPSA) is 43.4 Å². The lowest BCUT2D eigenvalue weighted by atomic mass is 10.1. The first-order valence-electron chi connectivity index (χ1n) is 9.04. The maximum absolute atomic E-state index is 6.14. The highest BCUT2D eigenvalue weighted by Gasteiger charge is 2.17. The van der Waals surface area contributed by atoms with E-state index in [2.05, 4.69) is 36.6 Å². The molecular weight excluding hydrogens is 336 g/mol. The number of nitrogens with one attached hydrogen (secondary N) is 1. The van der Waals surface area contributed by atoms with E-state index in [1.165, 1.54) is 0 Å². The van der Waals surface area contributed by atoms with Crippen LogP contribution in [0.5, 0.6) is 11.5 Å². The molecule has 4 nitrogen and oxygen atoms in total. The highest BCUT2D eigenvalue weighted by molar-refractivity contribution is 5.66. The molecule has 1 aliphatic heterocycles. The molecule has 0 radical (unpaired) electrons. The Kier molecular flexibility index (Phi) is 5.83. The molecule has 0 unspecified atom stereocenters. The standard InChI is InChI=1S/C23H24N2O2/c1-5-8-20(25-16(3)4)23-19(9-7-11-24-23)15-27-21-14-18-10-12-26-22(18)13-17(21)6-2/h1,6-9,11,13-14,16,25H,2,10,12,15H2,3-4H3/b20-8-. The maximum atomic E-state index is 6.14. The number of pyridine rings is 1. The van der Waals surface area contributed by atoms with Gasteiger partial charge in [0.25, 0.3) is 0 Å². The first-order chi connectivity index (χ1) is 13.1. The predicted molar refractivity (Wildman–Crippen MR) is 109 cm³/mol. The second kappa shape index (κ2) is 8.46. The molecule has 1 N–H and O–H groups in total. The zero-order chi connectivity index (χ0) is 19.2. The Morgan fingerprint density at radius 3 is 3.07 bits per heavy atom. The molecule has 4 heteroatoms. The van der Waals surface area contributed by atoms with E-state index in [9.17, 15) is 0 Å². The minimum Gasteiger partial charge on any atom is -0.493 e. The molecule has 2 aromatic rings. The fourth-order valence-corrected chi connectivity index (χ4v) is 3.03.